The fraction of sp³-hybridized carbons (Fsp3) is 0.370. The van der Waals surface area contributed by atoms with E-state index in [1.807, 2.05) is 13.0 Å². The van der Waals surface area contributed by atoms with E-state index in [0.717, 1.165) is 49.7 Å². The molecule has 5 rings (SSSR count). The summed E-state index contributed by atoms with van der Waals surface area (Å²) in [5, 5.41) is 2.97. The zero-order valence-electron chi connectivity index (χ0n) is 21.2. The predicted molar refractivity (Wildman–Crippen MR) is 146 cm³/mol. The molecule has 1 aliphatic rings. The number of nitrogens with zero attached hydrogens (tertiary/aromatic N) is 5. The minimum Gasteiger partial charge on any atom is -0.495 e. The number of piperazine rings is 1. The number of amides is 1. The molecule has 0 radical (unpaired) electrons. The molecular formula is C27H31N5O3S. The standard InChI is InChI=1S/C27H31N5O3S/c1-18-22-25(36-24(18)27(34)29(2)3)28-17-32(26(22)33)16-13-30-11-14-31(15-12-30)23-20-8-6-5-7-19(20)9-10-21(23)35-4/h5-10,17H,11-16H2,1-4H3. The van der Waals surface area contributed by atoms with Gasteiger partial charge in [-0.3, -0.25) is 19.1 Å². The normalized spacial score (nSPS) is 14.5. The number of aromatic nitrogens is 2. The first-order chi connectivity index (χ1) is 17.4. The van der Waals surface area contributed by atoms with E-state index in [2.05, 4.69) is 45.1 Å². The Hall–Kier alpha value is -3.43. The van der Waals surface area contributed by atoms with Crippen molar-refractivity contribution in [2.24, 2.45) is 0 Å². The van der Waals surface area contributed by atoms with Crippen LogP contribution >= 0.6 is 11.3 Å². The van der Waals surface area contributed by atoms with Gasteiger partial charge in [-0.25, -0.2) is 4.98 Å². The fourth-order valence-electron chi connectivity index (χ4n) is 4.90. The third kappa shape index (κ3) is 4.33. The second-order valence-electron chi connectivity index (χ2n) is 9.35. The largest absolute Gasteiger partial charge is 0.495 e. The number of fused-ring (bicyclic) bond motifs is 2. The SMILES string of the molecule is COc1ccc2ccccc2c1N1CCN(CCn2cnc3sc(C(=O)N(C)C)c(C)c3c2=O)CC1. The first kappa shape index (κ1) is 24.3. The molecule has 2 aromatic carbocycles. The van der Waals surface area contributed by atoms with Gasteiger partial charge in [0.1, 0.15) is 10.6 Å². The van der Waals surface area contributed by atoms with Crippen molar-refractivity contribution in [2.45, 2.75) is 13.5 Å². The van der Waals surface area contributed by atoms with E-state index >= 15 is 0 Å². The number of methoxy groups -OCH3 is 1. The molecule has 4 aromatic rings. The Bertz CT molecular complexity index is 1480. The topological polar surface area (TPSA) is 70.9 Å². The van der Waals surface area contributed by atoms with Crippen molar-refractivity contribution < 1.29 is 9.53 Å². The maximum Gasteiger partial charge on any atom is 0.263 e. The van der Waals surface area contributed by atoms with Gasteiger partial charge in [-0.1, -0.05) is 30.3 Å². The van der Waals surface area contributed by atoms with Gasteiger partial charge in [0.25, 0.3) is 11.5 Å². The summed E-state index contributed by atoms with van der Waals surface area (Å²) in [6.07, 6.45) is 1.61. The maximum atomic E-state index is 13.2. The van der Waals surface area contributed by atoms with Crippen molar-refractivity contribution in [3.63, 3.8) is 0 Å². The Morgan fingerprint density at radius 2 is 1.83 bits per heavy atom. The van der Waals surface area contributed by atoms with E-state index in [1.165, 1.54) is 27.0 Å². The zero-order chi connectivity index (χ0) is 25.4. The lowest BCUT2D eigenvalue weighted by molar-refractivity contribution is 0.0831. The lowest BCUT2D eigenvalue weighted by Crippen LogP contribution is -2.47. The van der Waals surface area contributed by atoms with E-state index in [4.69, 9.17) is 4.74 Å². The molecule has 1 aliphatic heterocycles. The number of aryl methyl sites for hydroxylation is 1. The molecule has 36 heavy (non-hydrogen) atoms. The predicted octanol–water partition coefficient (Wildman–Crippen LogP) is 3.45. The van der Waals surface area contributed by atoms with E-state index in [-0.39, 0.29) is 11.5 Å². The number of rotatable bonds is 6. The summed E-state index contributed by atoms with van der Waals surface area (Å²) >= 11 is 1.29. The minimum absolute atomic E-state index is 0.0781. The van der Waals surface area contributed by atoms with Gasteiger partial charge in [-0.05, 0) is 23.9 Å². The molecule has 9 heteroatoms. The molecule has 1 saturated heterocycles. The summed E-state index contributed by atoms with van der Waals surface area (Å²) in [7, 11) is 5.16. The van der Waals surface area contributed by atoms with Gasteiger partial charge in [0.15, 0.2) is 0 Å². The summed E-state index contributed by atoms with van der Waals surface area (Å²) in [4.78, 5) is 37.7. The molecule has 0 N–H and O–H groups in total. The van der Waals surface area contributed by atoms with E-state index in [0.29, 0.717) is 21.6 Å². The third-order valence-corrected chi connectivity index (χ3v) is 8.13. The summed E-state index contributed by atoms with van der Waals surface area (Å²) in [6, 6.07) is 12.6. The van der Waals surface area contributed by atoms with Crippen LogP contribution in [-0.2, 0) is 6.54 Å². The number of carbonyl (C=O) groups is 1. The quantitative estimate of drug-likeness (QED) is 0.400. The molecule has 0 unspecified atom stereocenters. The number of anilines is 1. The van der Waals surface area contributed by atoms with Gasteiger partial charge in [0.05, 0.1) is 29.4 Å². The average molecular weight is 506 g/mol. The maximum absolute atomic E-state index is 13.2. The Morgan fingerprint density at radius 1 is 1.08 bits per heavy atom. The smallest absolute Gasteiger partial charge is 0.263 e. The molecule has 2 aromatic heterocycles. The summed E-state index contributed by atoms with van der Waals surface area (Å²) < 4.78 is 7.38. The molecule has 0 bridgehead atoms. The molecule has 0 atom stereocenters. The molecule has 3 heterocycles. The van der Waals surface area contributed by atoms with Crippen LogP contribution in [-0.4, -0.2) is 79.2 Å². The van der Waals surface area contributed by atoms with Gasteiger partial charge < -0.3 is 14.5 Å². The number of carbonyl (C=O) groups excluding carboxylic acids is 1. The monoisotopic (exact) mass is 505 g/mol. The van der Waals surface area contributed by atoms with Crippen molar-refractivity contribution in [3.8, 4) is 5.75 Å². The van der Waals surface area contributed by atoms with Crippen molar-refractivity contribution in [2.75, 3.05) is 58.8 Å². The van der Waals surface area contributed by atoms with Gasteiger partial charge in [0, 0.05) is 58.8 Å². The van der Waals surface area contributed by atoms with Crippen LogP contribution in [0.15, 0.2) is 47.5 Å². The highest BCUT2D eigenvalue weighted by Crippen LogP contribution is 2.36. The van der Waals surface area contributed by atoms with Gasteiger partial charge in [0.2, 0.25) is 0 Å². The van der Waals surface area contributed by atoms with Crippen LogP contribution in [0.1, 0.15) is 15.2 Å². The van der Waals surface area contributed by atoms with Crippen molar-refractivity contribution in [1.82, 2.24) is 19.4 Å². The zero-order valence-corrected chi connectivity index (χ0v) is 22.0. The van der Waals surface area contributed by atoms with Gasteiger partial charge in [-0.15, -0.1) is 11.3 Å². The Morgan fingerprint density at radius 3 is 2.56 bits per heavy atom. The lowest BCUT2D eigenvalue weighted by Gasteiger charge is -2.37. The highest BCUT2D eigenvalue weighted by Gasteiger charge is 2.23. The van der Waals surface area contributed by atoms with E-state index in [1.54, 1.807) is 32.1 Å². The second-order valence-corrected chi connectivity index (χ2v) is 10.3. The van der Waals surface area contributed by atoms with Crippen LogP contribution < -0.4 is 15.2 Å². The van der Waals surface area contributed by atoms with Crippen LogP contribution in [0.3, 0.4) is 0 Å². The highest BCUT2D eigenvalue weighted by molar-refractivity contribution is 7.20. The Kier molecular flexibility index (Phi) is 6.68. The van der Waals surface area contributed by atoms with Crippen LogP contribution in [0.25, 0.3) is 21.0 Å². The minimum atomic E-state index is -0.0952. The molecule has 1 fully saturated rings. The van der Waals surface area contributed by atoms with Crippen molar-refractivity contribution in [3.05, 3.63) is 63.5 Å². The molecule has 188 valence electrons. The van der Waals surface area contributed by atoms with E-state index < -0.39 is 0 Å². The van der Waals surface area contributed by atoms with E-state index in [9.17, 15) is 9.59 Å². The van der Waals surface area contributed by atoms with Crippen molar-refractivity contribution >= 4 is 43.9 Å². The molecule has 0 aliphatic carbocycles. The van der Waals surface area contributed by atoms with Crippen molar-refractivity contribution in [1.29, 1.82) is 0 Å². The summed E-state index contributed by atoms with van der Waals surface area (Å²) in [6.45, 7) is 6.73. The fourth-order valence-corrected chi connectivity index (χ4v) is 6.06. The number of benzene rings is 2. The van der Waals surface area contributed by atoms with Gasteiger partial charge in [-0.2, -0.15) is 0 Å². The Balaban J connectivity index is 1.29. The number of ether oxygens (including phenoxy) is 1. The van der Waals surface area contributed by atoms with Crippen LogP contribution in [0.5, 0.6) is 5.75 Å². The summed E-state index contributed by atoms with van der Waals surface area (Å²) in [5.41, 5.74) is 1.79. The number of hydrogen-bond acceptors (Lipinski definition) is 7. The first-order valence-corrected chi connectivity index (χ1v) is 12.9. The highest BCUT2D eigenvalue weighted by atomic mass is 32.1. The molecule has 8 nitrogen and oxygen atoms in total. The summed E-state index contributed by atoms with van der Waals surface area (Å²) in [5.74, 6) is 0.800. The van der Waals surface area contributed by atoms with Crippen LogP contribution in [0.4, 0.5) is 5.69 Å². The van der Waals surface area contributed by atoms with Crippen LogP contribution in [0, 0.1) is 6.92 Å². The first-order valence-electron chi connectivity index (χ1n) is 12.1. The number of hydrogen-bond donors (Lipinski definition) is 0. The second kappa shape index (κ2) is 9.91. The molecule has 0 saturated carbocycles. The third-order valence-electron chi connectivity index (χ3n) is 6.95. The number of thiophene rings is 1. The Labute approximate surface area is 214 Å². The van der Waals surface area contributed by atoms with Crippen LogP contribution in [0.2, 0.25) is 0 Å². The molecular weight excluding hydrogens is 474 g/mol. The lowest BCUT2D eigenvalue weighted by atomic mass is 10.1. The average Bonchev–Trinajstić information content (AvgIpc) is 3.24. The molecule has 1 amide bonds. The van der Waals surface area contributed by atoms with Gasteiger partial charge >= 0.3 is 0 Å². The molecule has 0 spiro atoms.